The Balaban J connectivity index is 2.15. The molecule has 1 amide bonds. The first-order valence-electron chi connectivity index (χ1n) is 7.03. The monoisotopic (exact) mass is 264 g/mol. The predicted molar refractivity (Wildman–Crippen MR) is 74.5 cm³/mol. The second-order valence-corrected chi connectivity index (χ2v) is 5.71. The highest BCUT2D eigenvalue weighted by atomic mass is 16.2. The standard InChI is InChI=1S/C14H24N4O/c1-4-14(2,9-15)13(19)17-11-6-5-7-12-10(11)8-16-18(12)3/h8,11H,4-7,9,15H2,1-3H3,(H,17,19). The number of fused-ring (bicyclic) bond motifs is 1. The van der Waals surface area contributed by atoms with Gasteiger partial charge in [-0.15, -0.1) is 0 Å². The highest BCUT2D eigenvalue weighted by Crippen LogP contribution is 2.30. The fourth-order valence-corrected chi connectivity index (χ4v) is 2.59. The van der Waals surface area contributed by atoms with E-state index in [0.717, 1.165) is 31.2 Å². The Kier molecular flexibility index (Phi) is 3.94. The molecule has 1 heterocycles. The van der Waals surface area contributed by atoms with Crippen LogP contribution < -0.4 is 11.1 Å². The van der Waals surface area contributed by atoms with Gasteiger partial charge in [0.25, 0.3) is 0 Å². The molecule has 106 valence electrons. The Labute approximate surface area is 114 Å². The van der Waals surface area contributed by atoms with Crippen LogP contribution in [0.5, 0.6) is 0 Å². The summed E-state index contributed by atoms with van der Waals surface area (Å²) in [7, 11) is 1.96. The quantitative estimate of drug-likeness (QED) is 0.860. The van der Waals surface area contributed by atoms with E-state index in [-0.39, 0.29) is 11.9 Å². The van der Waals surface area contributed by atoms with Crippen molar-refractivity contribution >= 4 is 5.91 Å². The summed E-state index contributed by atoms with van der Waals surface area (Å²) in [4.78, 5) is 12.4. The number of hydrogen-bond donors (Lipinski definition) is 2. The van der Waals surface area contributed by atoms with Gasteiger partial charge in [-0.3, -0.25) is 9.48 Å². The number of aromatic nitrogens is 2. The second kappa shape index (κ2) is 5.33. The maximum absolute atomic E-state index is 12.4. The first-order valence-corrected chi connectivity index (χ1v) is 7.03. The third-order valence-corrected chi connectivity index (χ3v) is 4.46. The Bertz CT molecular complexity index is 462. The number of aryl methyl sites for hydroxylation is 1. The van der Waals surface area contributed by atoms with Crippen molar-refractivity contribution in [2.75, 3.05) is 6.54 Å². The minimum atomic E-state index is -0.472. The van der Waals surface area contributed by atoms with Gasteiger partial charge in [0.05, 0.1) is 17.7 Å². The molecule has 0 spiro atoms. The topological polar surface area (TPSA) is 72.9 Å². The molecule has 19 heavy (non-hydrogen) atoms. The fraction of sp³-hybridized carbons (Fsp3) is 0.714. The summed E-state index contributed by atoms with van der Waals surface area (Å²) >= 11 is 0. The molecule has 1 aliphatic carbocycles. The molecule has 0 aliphatic heterocycles. The average molecular weight is 264 g/mol. The highest BCUT2D eigenvalue weighted by Gasteiger charge is 2.33. The molecule has 2 atom stereocenters. The van der Waals surface area contributed by atoms with Crippen LogP contribution in [0.1, 0.15) is 50.4 Å². The van der Waals surface area contributed by atoms with Crippen molar-refractivity contribution in [1.29, 1.82) is 0 Å². The van der Waals surface area contributed by atoms with Crippen molar-refractivity contribution in [3.63, 3.8) is 0 Å². The van der Waals surface area contributed by atoms with Crippen molar-refractivity contribution in [3.05, 3.63) is 17.5 Å². The first kappa shape index (κ1) is 14.1. The van der Waals surface area contributed by atoms with Crippen molar-refractivity contribution in [2.45, 2.75) is 45.6 Å². The summed E-state index contributed by atoms with van der Waals surface area (Å²) in [5.74, 6) is 0.0548. The van der Waals surface area contributed by atoms with Crippen molar-refractivity contribution in [1.82, 2.24) is 15.1 Å². The fourth-order valence-electron chi connectivity index (χ4n) is 2.59. The number of carbonyl (C=O) groups excluding carboxylic acids is 1. The van der Waals surface area contributed by atoms with E-state index in [4.69, 9.17) is 5.73 Å². The highest BCUT2D eigenvalue weighted by molar-refractivity contribution is 5.82. The van der Waals surface area contributed by atoms with Crippen molar-refractivity contribution < 1.29 is 4.79 Å². The summed E-state index contributed by atoms with van der Waals surface area (Å²) in [5.41, 5.74) is 7.68. The zero-order valence-corrected chi connectivity index (χ0v) is 12.1. The lowest BCUT2D eigenvalue weighted by atomic mass is 9.85. The van der Waals surface area contributed by atoms with Gasteiger partial charge in [-0.1, -0.05) is 6.92 Å². The second-order valence-electron chi connectivity index (χ2n) is 5.71. The van der Waals surface area contributed by atoms with Gasteiger partial charge in [-0.25, -0.2) is 0 Å². The number of rotatable bonds is 4. The lowest BCUT2D eigenvalue weighted by molar-refractivity contribution is -0.130. The molecule has 0 bridgehead atoms. The van der Waals surface area contributed by atoms with Crippen LogP contribution in [-0.2, 0) is 18.3 Å². The molecule has 5 heteroatoms. The number of nitrogens with one attached hydrogen (secondary N) is 1. The number of nitrogens with two attached hydrogens (primary N) is 1. The van der Waals surface area contributed by atoms with E-state index in [0.29, 0.717) is 6.54 Å². The summed E-state index contributed by atoms with van der Waals surface area (Å²) in [6.45, 7) is 4.31. The van der Waals surface area contributed by atoms with Gasteiger partial charge in [-0.05, 0) is 32.6 Å². The zero-order chi connectivity index (χ0) is 14.0. The van der Waals surface area contributed by atoms with Crippen LogP contribution in [0.25, 0.3) is 0 Å². The molecule has 0 saturated carbocycles. The van der Waals surface area contributed by atoms with Crippen LogP contribution in [0.3, 0.4) is 0 Å². The smallest absolute Gasteiger partial charge is 0.227 e. The van der Waals surface area contributed by atoms with Crippen LogP contribution in [0.2, 0.25) is 0 Å². The molecular weight excluding hydrogens is 240 g/mol. The molecule has 1 aromatic rings. The SMILES string of the molecule is CCC(C)(CN)C(=O)NC1CCCc2c1cnn2C. The van der Waals surface area contributed by atoms with E-state index in [2.05, 4.69) is 10.4 Å². The first-order chi connectivity index (χ1) is 9.01. The van der Waals surface area contributed by atoms with E-state index in [1.165, 1.54) is 5.69 Å². The molecular formula is C14H24N4O. The van der Waals surface area contributed by atoms with Crippen LogP contribution in [0.15, 0.2) is 6.20 Å². The summed E-state index contributed by atoms with van der Waals surface area (Å²) < 4.78 is 1.91. The summed E-state index contributed by atoms with van der Waals surface area (Å²) in [5, 5.41) is 7.46. The molecule has 2 unspecified atom stereocenters. The molecule has 0 saturated heterocycles. The Morgan fingerprint density at radius 2 is 2.42 bits per heavy atom. The van der Waals surface area contributed by atoms with Gasteiger partial charge in [0, 0.05) is 24.8 Å². The molecule has 0 fully saturated rings. The van der Waals surface area contributed by atoms with Crippen LogP contribution in [0, 0.1) is 5.41 Å². The summed E-state index contributed by atoms with van der Waals surface area (Å²) in [6.07, 6.45) is 5.74. The van der Waals surface area contributed by atoms with E-state index >= 15 is 0 Å². The summed E-state index contributed by atoms with van der Waals surface area (Å²) in [6, 6.07) is 0.0855. The Morgan fingerprint density at radius 3 is 3.05 bits per heavy atom. The normalized spacial score (nSPS) is 21.6. The predicted octanol–water partition coefficient (Wildman–Crippen LogP) is 1.29. The van der Waals surface area contributed by atoms with Gasteiger partial charge in [-0.2, -0.15) is 5.10 Å². The lowest BCUT2D eigenvalue weighted by Gasteiger charge is -2.30. The van der Waals surface area contributed by atoms with Gasteiger partial charge >= 0.3 is 0 Å². The van der Waals surface area contributed by atoms with Gasteiger partial charge in [0.15, 0.2) is 0 Å². The van der Waals surface area contributed by atoms with Crippen LogP contribution in [-0.4, -0.2) is 22.2 Å². The van der Waals surface area contributed by atoms with Gasteiger partial charge in [0.1, 0.15) is 0 Å². The molecule has 5 nitrogen and oxygen atoms in total. The van der Waals surface area contributed by atoms with Crippen molar-refractivity contribution in [2.24, 2.45) is 18.2 Å². The molecule has 0 radical (unpaired) electrons. The van der Waals surface area contributed by atoms with E-state index in [9.17, 15) is 4.79 Å². The maximum Gasteiger partial charge on any atom is 0.227 e. The molecule has 0 aromatic carbocycles. The van der Waals surface area contributed by atoms with Crippen LogP contribution in [0.4, 0.5) is 0 Å². The van der Waals surface area contributed by atoms with Crippen molar-refractivity contribution in [3.8, 4) is 0 Å². The Morgan fingerprint density at radius 1 is 1.68 bits per heavy atom. The van der Waals surface area contributed by atoms with E-state index in [1.54, 1.807) is 0 Å². The van der Waals surface area contributed by atoms with Gasteiger partial charge in [0.2, 0.25) is 5.91 Å². The minimum Gasteiger partial charge on any atom is -0.349 e. The lowest BCUT2D eigenvalue weighted by Crippen LogP contribution is -2.45. The number of hydrogen-bond acceptors (Lipinski definition) is 3. The Hall–Kier alpha value is -1.36. The molecule has 1 aromatic heterocycles. The molecule has 3 N–H and O–H groups in total. The zero-order valence-electron chi connectivity index (χ0n) is 12.1. The number of nitrogens with zero attached hydrogens (tertiary/aromatic N) is 2. The maximum atomic E-state index is 12.4. The largest absolute Gasteiger partial charge is 0.349 e. The number of carbonyl (C=O) groups is 1. The molecule has 2 rings (SSSR count). The van der Waals surface area contributed by atoms with Gasteiger partial charge < -0.3 is 11.1 Å². The van der Waals surface area contributed by atoms with E-state index < -0.39 is 5.41 Å². The third kappa shape index (κ3) is 2.52. The third-order valence-electron chi connectivity index (χ3n) is 4.46. The van der Waals surface area contributed by atoms with E-state index in [1.807, 2.05) is 31.8 Å². The number of amides is 1. The average Bonchev–Trinajstić information content (AvgIpc) is 2.81. The molecule has 1 aliphatic rings. The minimum absolute atomic E-state index is 0.0548. The van der Waals surface area contributed by atoms with Crippen LogP contribution >= 0.6 is 0 Å².